The number of hydrogen-bond acceptors (Lipinski definition) is 5. The highest BCUT2D eigenvalue weighted by Gasteiger charge is 2.31. The summed E-state index contributed by atoms with van der Waals surface area (Å²) in [5.41, 5.74) is 2.60. The van der Waals surface area contributed by atoms with Crippen molar-refractivity contribution in [3.05, 3.63) is 29.3 Å². The first-order valence-corrected chi connectivity index (χ1v) is 11.4. The lowest BCUT2D eigenvalue weighted by Gasteiger charge is -2.37. The Morgan fingerprint density at radius 3 is 2.69 bits per heavy atom. The smallest absolute Gasteiger partial charge is 0.191 e. The minimum Gasteiger partial charge on any atom is -0.381 e. The van der Waals surface area contributed by atoms with Crippen molar-refractivity contribution in [1.29, 1.82) is 0 Å². The number of benzene rings is 1. The number of nitrogens with zero attached hydrogens (tertiary/aromatic N) is 2. The van der Waals surface area contributed by atoms with Crippen LogP contribution in [0.15, 0.2) is 28.1 Å². The average molecular weight is 535 g/mol. The zero-order chi connectivity index (χ0) is 19.8. The van der Waals surface area contributed by atoms with Gasteiger partial charge < -0.3 is 20.1 Å². The minimum atomic E-state index is 0. The monoisotopic (exact) mass is 534 g/mol. The van der Waals surface area contributed by atoms with Gasteiger partial charge >= 0.3 is 0 Å². The molecule has 8 heteroatoms. The standard InChI is InChI=1S/C21H34N4O2S.HI/c1-16-4-5-17(20(12-16)28-3)13-23-21(22-2)24-14-19(18-6-9-27-15-18)25-7-10-26-11-8-25;/h4-5,12,18-19H,6-11,13-15H2,1-3H3,(H2,22,23,24);1H. The Balaban J connectivity index is 0.00000300. The van der Waals surface area contributed by atoms with Gasteiger partial charge in [-0.2, -0.15) is 0 Å². The molecule has 1 aromatic carbocycles. The third-order valence-electron chi connectivity index (χ3n) is 5.61. The molecule has 2 atom stereocenters. The van der Waals surface area contributed by atoms with Crippen molar-refractivity contribution in [2.45, 2.75) is 30.8 Å². The van der Waals surface area contributed by atoms with Crippen molar-refractivity contribution < 1.29 is 9.47 Å². The number of aliphatic imine (C=N–C) groups is 1. The summed E-state index contributed by atoms with van der Waals surface area (Å²) in [6.45, 7) is 9.14. The van der Waals surface area contributed by atoms with Gasteiger partial charge in [-0.3, -0.25) is 9.89 Å². The van der Waals surface area contributed by atoms with Gasteiger partial charge in [0.15, 0.2) is 5.96 Å². The summed E-state index contributed by atoms with van der Waals surface area (Å²) in [6.07, 6.45) is 3.26. The topological polar surface area (TPSA) is 58.1 Å². The van der Waals surface area contributed by atoms with E-state index in [0.717, 1.165) is 65.0 Å². The van der Waals surface area contributed by atoms with Gasteiger partial charge in [0.2, 0.25) is 0 Å². The Morgan fingerprint density at radius 2 is 2.03 bits per heavy atom. The van der Waals surface area contributed by atoms with Gasteiger partial charge in [-0.1, -0.05) is 12.1 Å². The lowest BCUT2D eigenvalue weighted by molar-refractivity contribution is 0.00246. The molecule has 0 radical (unpaired) electrons. The summed E-state index contributed by atoms with van der Waals surface area (Å²) in [5, 5.41) is 7.04. The van der Waals surface area contributed by atoms with E-state index in [9.17, 15) is 0 Å². The van der Waals surface area contributed by atoms with Crippen molar-refractivity contribution in [3.63, 3.8) is 0 Å². The maximum Gasteiger partial charge on any atom is 0.191 e. The summed E-state index contributed by atoms with van der Waals surface area (Å²) >= 11 is 1.79. The molecular formula is C21H35IN4O2S. The molecule has 2 saturated heterocycles. The highest BCUT2D eigenvalue weighted by atomic mass is 127. The molecule has 2 fully saturated rings. The molecule has 0 aliphatic carbocycles. The zero-order valence-corrected chi connectivity index (χ0v) is 20.9. The zero-order valence-electron chi connectivity index (χ0n) is 17.8. The number of ether oxygens (including phenoxy) is 2. The molecule has 2 aliphatic heterocycles. The molecule has 2 N–H and O–H groups in total. The molecule has 164 valence electrons. The first-order chi connectivity index (χ1) is 13.7. The lowest BCUT2D eigenvalue weighted by Crippen LogP contribution is -2.53. The Kier molecular flexibility index (Phi) is 11.1. The number of guanidine groups is 1. The van der Waals surface area contributed by atoms with Crippen molar-refractivity contribution in [1.82, 2.24) is 15.5 Å². The Morgan fingerprint density at radius 1 is 1.24 bits per heavy atom. The maximum atomic E-state index is 5.67. The van der Waals surface area contributed by atoms with Gasteiger partial charge in [0.25, 0.3) is 0 Å². The summed E-state index contributed by atoms with van der Waals surface area (Å²) in [6, 6.07) is 7.06. The number of halogens is 1. The lowest BCUT2D eigenvalue weighted by atomic mass is 9.97. The van der Waals surface area contributed by atoms with E-state index in [-0.39, 0.29) is 24.0 Å². The summed E-state index contributed by atoms with van der Waals surface area (Å²) < 4.78 is 11.2. The molecule has 2 unspecified atom stereocenters. The van der Waals surface area contributed by atoms with Crippen LogP contribution >= 0.6 is 35.7 Å². The fourth-order valence-corrected chi connectivity index (χ4v) is 4.66. The second-order valence-corrected chi connectivity index (χ2v) is 8.31. The second kappa shape index (κ2) is 13.0. The van der Waals surface area contributed by atoms with Crippen LogP contribution in [0.1, 0.15) is 17.5 Å². The van der Waals surface area contributed by atoms with Crippen LogP contribution in [0.3, 0.4) is 0 Å². The summed E-state index contributed by atoms with van der Waals surface area (Å²) in [5.74, 6) is 1.42. The quantitative estimate of drug-likeness (QED) is 0.243. The fraction of sp³-hybridized carbons (Fsp3) is 0.667. The van der Waals surface area contributed by atoms with E-state index in [1.807, 2.05) is 7.05 Å². The van der Waals surface area contributed by atoms with Crippen LogP contribution in [0.2, 0.25) is 0 Å². The maximum absolute atomic E-state index is 5.67. The molecule has 1 aromatic rings. The van der Waals surface area contributed by atoms with E-state index in [2.05, 4.69) is 51.9 Å². The van der Waals surface area contributed by atoms with Crippen LogP contribution in [0.4, 0.5) is 0 Å². The van der Waals surface area contributed by atoms with Crippen LogP contribution in [-0.2, 0) is 16.0 Å². The molecule has 0 saturated carbocycles. The van der Waals surface area contributed by atoms with Crippen LogP contribution in [0.5, 0.6) is 0 Å². The predicted octanol–water partition coefficient (Wildman–Crippen LogP) is 2.74. The summed E-state index contributed by atoms with van der Waals surface area (Å²) in [4.78, 5) is 8.30. The largest absolute Gasteiger partial charge is 0.381 e. The van der Waals surface area contributed by atoms with Crippen LogP contribution in [0, 0.1) is 12.8 Å². The number of thioether (sulfide) groups is 1. The third kappa shape index (κ3) is 7.27. The van der Waals surface area contributed by atoms with Gasteiger partial charge in [-0.25, -0.2) is 0 Å². The normalized spacial score (nSPS) is 21.5. The van der Waals surface area contributed by atoms with Gasteiger partial charge in [0.1, 0.15) is 0 Å². The molecule has 3 rings (SSSR count). The van der Waals surface area contributed by atoms with Crippen molar-refractivity contribution in [2.75, 3.05) is 59.4 Å². The highest BCUT2D eigenvalue weighted by molar-refractivity contribution is 14.0. The minimum absolute atomic E-state index is 0. The average Bonchev–Trinajstić information content (AvgIpc) is 3.26. The molecule has 2 heterocycles. The molecule has 0 bridgehead atoms. The number of aryl methyl sites for hydroxylation is 1. The Bertz CT molecular complexity index is 650. The van der Waals surface area contributed by atoms with E-state index in [1.165, 1.54) is 16.0 Å². The predicted molar refractivity (Wildman–Crippen MR) is 132 cm³/mol. The van der Waals surface area contributed by atoms with Crippen molar-refractivity contribution >= 4 is 41.7 Å². The Labute approximate surface area is 196 Å². The first kappa shape index (κ1) is 24.7. The van der Waals surface area contributed by atoms with Crippen LogP contribution in [-0.4, -0.2) is 76.3 Å². The van der Waals surface area contributed by atoms with Gasteiger partial charge in [0, 0.05) is 56.7 Å². The van der Waals surface area contributed by atoms with Crippen LogP contribution < -0.4 is 10.6 Å². The number of morpholine rings is 1. The summed E-state index contributed by atoms with van der Waals surface area (Å²) in [7, 11) is 1.84. The molecule has 0 spiro atoms. The van der Waals surface area contributed by atoms with E-state index in [4.69, 9.17) is 9.47 Å². The number of nitrogens with one attached hydrogen (secondary N) is 2. The molecule has 0 amide bonds. The van der Waals surface area contributed by atoms with E-state index in [0.29, 0.717) is 12.0 Å². The SMILES string of the molecule is CN=C(NCc1ccc(C)cc1SC)NCC(C1CCOC1)N1CCOCC1.I. The van der Waals surface area contributed by atoms with Gasteiger partial charge in [-0.15, -0.1) is 35.7 Å². The highest BCUT2D eigenvalue weighted by Crippen LogP contribution is 2.23. The first-order valence-electron chi connectivity index (χ1n) is 10.2. The second-order valence-electron chi connectivity index (χ2n) is 7.46. The Hall–Kier alpha value is -0.550. The molecular weight excluding hydrogens is 499 g/mol. The van der Waals surface area contributed by atoms with Crippen molar-refractivity contribution in [3.8, 4) is 0 Å². The number of hydrogen-bond donors (Lipinski definition) is 2. The third-order valence-corrected chi connectivity index (χ3v) is 6.43. The van der Waals surface area contributed by atoms with E-state index >= 15 is 0 Å². The van der Waals surface area contributed by atoms with E-state index in [1.54, 1.807) is 11.8 Å². The van der Waals surface area contributed by atoms with Crippen molar-refractivity contribution in [2.24, 2.45) is 10.9 Å². The molecule has 0 aromatic heterocycles. The number of rotatable bonds is 7. The van der Waals surface area contributed by atoms with Gasteiger partial charge in [0.05, 0.1) is 19.8 Å². The van der Waals surface area contributed by atoms with E-state index < -0.39 is 0 Å². The van der Waals surface area contributed by atoms with Gasteiger partial charge in [-0.05, 0) is 36.8 Å². The fourth-order valence-electron chi connectivity index (χ4n) is 3.96. The van der Waals surface area contributed by atoms with Crippen LogP contribution in [0.25, 0.3) is 0 Å². The molecule has 6 nitrogen and oxygen atoms in total. The molecule has 2 aliphatic rings. The molecule has 29 heavy (non-hydrogen) atoms.